The predicted octanol–water partition coefficient (Wildman–Crippen LogP) is 1.64. The third-order valence-corrected chi connectivity index (χ3v) is 2.91. The Labute approximate surface area is 105 Å². The fourth-order valence-corrected chi connectivity index (χ4v) is 1.46. The zero-order valence-electron chi connectivity index (χ0n) is 10.4. The Morgan fingerprint density at radius 2 is 2.06 bits per heavy atom. The molecule has 1 amide bonds. The van der Waals surface area contributed by atoms with E-state index in [1.807, 2.05) is 0 Å². The summed E-state index contributed by atoms with van der Waals surface area (Å²) >= 11 is 0. The molecule has 2 atom stereocenters. The van der Waals surface area contributed by atoms with Crippen molar-refractivity contribution in [2.45, 2.75) is 26.3 Å². The van der Waals surface area contributed by atoms with E-state index in [-0.39, 0.29) is 30.6 Å². The third-order valence-electron chi connectivity index (χ3n) is 2.91. The standard InChI is InChI=1S/C13H17F2NO2/c1-8(7-17)9(2)16-12(18)6-10-4-3-5-11(14)13(10)15/h3-5,8-9,17H,6-7H2,1-2H3,(H,16,18)/t8-,9+/m0/s1. The lowest BCUT2D eigenvalue weighted by atomic mass is 10.0. The Morgan fingerprint density at radius 1 is 1.39 bits per heavy atom. The van der Waals surface area contributed by atoms with E-state index < -0.39 is 17.5 Å². The van der Waals surface area contributed by atoms with Gasteiger partial charge in [0.1, 0.15) is 0 Å². The van der Waals surface area contributed by atoms with Crippen molar-refractivity contribution >= 4 is 5.91 Å². The maximum atomic E-state index is 13.3. The molecule has 0 fully saturated rings. The first kappa shape index (κ1) is 14.6. The summed E-state index contributed by atoms with van der Waals surface area (Å²) in [5, 5.41) is 11.6. The van der Waals surface area contributed by atoms with Crippen molar-refractivity contribution in [2.75, 3.05) is 6.61 Å². The highest BCUT2D eigenvalue weighted by Gasteiger charge is 2.16. The second-order valence-electron chi connectivity index (χ2n) is 4.41. The molecule has 100 valence electrons. The first-order valence-electron chi connectivity index (χ1n) is 5.78. The van der Waals surface area contributed by atoms with Crippen LogP contribution in [-0.2, 0) is 11.2 Å². The van der Waals surface area contributed by atoms with Crippen LogP contribution >= 0.6 is 0 Å². The molecule has 0 heterocycles. The molecule has 0 aliphatic heterocycles. The number of halogens is 2. The Kier molecular flexibility index (Phi) is 5.22. The quantitative estimate of drug-likeness (QED) is 0.842. The number of hydrogen-bond acceptors (Lipinski definition) is 2. The van der Waals surface area contributed by atoms with Crippen LogP contribution in [0.15, 0.2) is 18.2 Å². The largest absolute Gasteiger partial charge is 0.396 e. The first-order chi connectivity index (χ1) is 8.45. The van der Waals surface area contributed by atoms with E-state index in [9.17, 15) is 13.6 Å². The molecule has 18 heavy (non-hydrogen) atoms. The highest BCUT2D eigenvalue weighted by molar-refractivity contribution is 5.78. The minimum atomic E-state index is -0.990. The average molecular weight is 257 g/mol. The van der Waals surface area contributed by atoms with Gasteiger partial charge in [-0.15, -0.1) is 0 Å². The molecule has 0 saturated carbocycles. The van der Waals surface area contributed by atoms with E-state index >= 15 is 0 Å². The van der Waals surface area contributed by atoms with Crippen molar-refractivity contribution in [1.29, 1.82) is 0 Å². The third kappa shape index (κ3) is 3.77. The number of aliphatic hydroxyl groups is 1. The summed E-state index contributed by atoms with van der Waals surface area (Å²) in [6.07, 6.45) is -0.216. The van der Waals surface area contributed by atoms with Crippen molar-refractivity contribution in [3.8, 4) is 0 Å². The molecule has 0 aliphatic rings. The van der Waals surface area contributed by atoms with E-state index in [0.29, 0.717) is 0 Å². The summed E-state index contributed by atoms with van der Waals surface area (Å²) in [7, 11) is 0. The summed E-state index contributed by atoms with van der Waals surface area (Å²) in [6.45, 7) is 3.49. The lowest BCUT2D eigenvalue weighted by molar-refractivity contribution is -0.121. The topological polar surface area (TPSA) is 49.3 Å². The first-order valence-corrected chi connectivity index (χ1v) is 5.78. The molecule has 1 rings (SSSR count). The molecule has 0 spiro atoms. The van der Waals surface area contributed by atoms with Crippen LogP contribution in [0, 0.1) is 17.6 Å². The average Bonchev–Trinajstić information content (AvgIpc) is 2.33. The zero-order chi connectivity index (χ0) is 13.7. The number of aliphatic hydroxyl groups excluding tert-OH is 1. The van der Waals surface area contributed by atoms with Crippen LogP contribution in [-0.4, -0.2) is 23.7 Å². The molecule has 0 radical (unpaired) electrons. The second kappa shape index (κ2) is 6.44. The van der Waals surface area contributed by atoms with Gasteiger partial charge in [-0.3, -0.25) is 4.79 Å². The van der Waals surface area contributed by atoms with Gasteiger partial charge >= 0.3 is 0 Å². The maximum absolute atomic E-state index is 13.3. The van der Waals surface area contributed by atoms with Crippen LogP contribution in [0.25, 0.3) is 0 Å². The van der Waals surface area contributed by atoms with E-state index in [2.05, 4.69) is 5.32 Å². The lowest BCUT2D eigenvalue weighted by Gasteiger charge is -2.19. The van der Waals surface area contributed by atoms with Crippen molar-refractivity contribution in [1.82, 2.24) is 5.32 Å². The predicted molar refractivity (Wildman–Crippen MR) is 63.9 cm³/mol. The Hall–Kier alpha value is -1.49. The number of carbonyl (C=O) groups is 1. The number of rotatable bonds is 5. The molecule has 2 N–H and O–H groups in total. The van der Waals surface area contributed by atoms with E-state index in [1.165, 1.54) is 12.1 Å². The minimum Gasteiger partial charge on any atom is -0.396 e. The summed E-state index contributed by atoms with van der Waals surface area (Å²) in [4.78, 5) is 11.6. The fraction of sp³-hybridized carbons (Fsp3) is 0.462. The molecule has 0 aliphatic carbocycles. The Balaban J connectivity index is 2.62. The number of carbonyl (C=O) groups excluding carboxylic acids is 1. The van der Waals surface area contributed by atoms with Gasteiger partial charge in [0.15, 0.2) is 11.6 Å². The van der Waals surface area contributed by atoms with Gasteiger partial charge in [-0.1, -0.05) is 19.1 Å². The number of hydrogen-bond donors (Lipinski definition) is 2. The molecular formula is C13H17F2NO2. The lowest BCUT2D eigenvalue weighted by Crippen LogP contribution is -2.39. The van der Waals surface area contributed by atoms with E-state index in [4.69, 9.17) is 5.11 Å². The van der Waals surface area contributed by atoms with E-state index in [1.54, 1.807) is 13.8 Å². The molecular weight excluding hydrogens is 240 g/mol. The molecule has 0 saturated heterocycles. The SMILES string of the molecule is C[C@@H](CO)[C@@H](C)NC(=O)Cc1cccc(F)c1F. The summed E-state index contributed by atoms with van der Waals surface area (Å²) in [5.41, 5.74) is 0.0244. The van der Waals surface area contributed by atoms with Crippen LogP contribution in [0.1, 0.15) is 19.4 Å². The van der Waals surface area contributed by atoms with E-state index in [0.717, 1.165) is 6.07 Å². The number of amides is 1. The van der Waals surface area contributed by atoms with Crippen molar-refractivity contribution < 1.29 is 18.7 Å². The smallest absolute Gasteiger partial charge is 0.224 e. The number of benzene rings is 1. The molecule has 3 nitrogen and oxygen atoms in total. The fourth-order valence-electron chi connectivity index (χ4n) is 1.46. The molecule has 5 heteroatoms. The van der Waals surface area contributed by atoms with Gasteiger partial charge < -0.3 is 10.4 Å². The molecule has 0 unspecified atom stereocenters. The molecule has 0 aromatic heterocycles. The number of nitrogens with one attached hydrogen (secondary N) is 1. The van der Waals surface area contributed by atoms with Gasteiger partial charge in [-0.25, -0.2) is 8.78 Å². The van der Waals surface area contributed by atoms with Gasteiger partial charge in [-0.2, -0.15) is 0 Å². The summed E-state index contributed by atoms with van der Waals surface area (Å²) in [5.74, 6) is -2.44. The Bertz CT molecular complexity index is 423. The second-order valence-corrected chi connectivity index (χ2v) is 4.41. The van der Waals surface area contributed by atoms with Crippen LogP contribution in [0.2, 0.25) is 0 Å². The van der Waals surface area contributed by atoms with Crippen molar-refractivity contribution in [2.24, 2.45) is 5.92 Å². The normalized spacial score (nSPS) is 14.1. The van der Waals surface area contributed by atoms with Gasteiger partial charge in [0, 0.05) is 18.2 Å². The van der Waals surface area contributed by atoms with Crippen LogP contribution in [0.5, 0.6) is 0 Å². The zero-order valence-corrected chi connectivity index (χ0v) is 10.4. The maximum Gasteiger partial charge on any atom is 0.224 e. The monoisotopic (exact) mass is 257 g/mol. The van der Waals surface area contributed by atoms with Crippen LogP contribution < -0.4 is 5.32 Å². The summed E-state index contributed by atoms with van der Waals surface area (Å²) < 4.78 is 26.3. The van der Waals surface area contributed by atoms with Gasteiger partial charge in [-0.05, 0) is 18.9 Å². The van der Waals surface area contributed by atoms with Gasteiger partial charge in [0.25, 0.3) is 0 Å². The van der Waals surface area contributed by atoms with Gasteiger partial charge in [0.05, 0.1) is 6.42 Å². The van der Waals surface area contributed by atoms with Gasteiger partial charge in [0.2, 0.25) is 5.91 Å². The Morgan fingerprint density at radius 3 is 2.67 bits per heavy atom. The summed E-state index contributed by atoms with van der Waals surface area (Å²) in [6, 6.07) is 3.52. The van der Waals surface area contributed by atoms with Crippen molar-refractivity contribution in [3.05, 3.63) is 35.4 Å². The molecule has 0 bridgehead atoms. The highest BCUT2D eigenvalue weighted by Crippen LogP contribution is 2.12. The highest BCUT2D eigenvalue weighted by atomic mass is 19.2. The minimum absolute atomic E-state index is 0.0244. The molecule has 1 aromatic carbocycles. The van der Waals surface area contributed by atoms with Crippen LogP contribution in [0.4, 0.5) is 8.78 Å². The van der Waals surface area contributed by atoms with Crippen LogP contribution in [0.3, 0.4) is 0 Å². The van der Waals surface area contributed by atoms with Crippen molar-refractivity contribution in [3.63, 3.8) is 0 Å². The molecule has 1 aromatic rings.